The topological polar surface area (TPSA) is 61.5 Å². The van der Waals surface area contributed by atoms with Gasteiger partial charge >= 0.3 is 0 Å². The third kappa shape index (κ3) is 2.95. The monoisotopic (exact) mass is 209 g/mol. The summed E-state index contributed by atoms with van der Waals surface area (Å²) < 4.78 is 10.1. The molecule has 0 bridgehead atoms. The Labute approximate surface area is 89.0 Å². The highest BCUT2D eigenvalue weighted by molar-refractivity contribution is 5.97. The van der Waals surface area contributed by atoms with Crippen molar-refractivity contribution < 1.29 is 14.3 Å². The molecule has 0 aromatic heterocycles. The Bertz CT molecular complexity index is 327. The number of nitrogens with two attached hydrogens (primary N) is 1. The summed E-state index contributed by atoms with van der Waals surface area (Å²) in [6.45, 7) is 0.346. The van der Waals surface area contributed by atoms with Crippen LogP contribution in [-0.2, 0) is 0 Å². The fourth-order valence-corrected chi connectivity index (χ4v) is 1.24. The minimum absolute atomic E-state index is 0.00491. The molecule has 15 heavy (non-hydrogen) atoms. The van der Waals surface area contributed by atoms with E-state index in [1.165, 1.54) is 0 Å². The fourth-order valence-electron chi connectivity index (χ4n) is 1.24. The molecule has 82 valence electrons. The Kier molecular flexibility index (Phi) is 4.12. The molecule has 0 aliphatic carbocycles. The van der Waals surface area contributed by atoms with E-state index >= 15 is 0 Å². The van der Waals surface area contributed by atoms with Gasteiger partial charge in [-0.05, 0) is 18.7 Å². The van der Waals surface area contributed by atoms with E-state index in [0.717, 1.165) is 0 Å². The molecular weight excluding hydrogens is 194 g/mol. The van der Waals surface area contributed by atoms with E-state index in [9.17, 15) is 4.79 Å². The number of rotatable bonds is 5. The van der Waals surface area contributed by atoms with Gasteiger partial charge in [-0.1, -0.05) is 0 Å². The molecule has 1 aromatic rings. The normalized spacial score (nSPS) is 9.80. The second kappa shape index (κ2) is 5.36. The van der Waals surface area contributed by atoms with Gasteiger partial charge in [-0.15, -0.1) is 0 Å². The van der Waals surface area contributed by atoms with Gasteiger partial charge in [-0.2, -0.15) is 0 Å². The molecule has 1 aromatic carbocycles. The Hall–Kier alpha value is -1.55. The summed E-state index contributed by atoms with van der Waals surface area (Å²) in [4.78, 5) is 11.6. The van der Waals surface area contributed by atoms with Crippen LogP contribution in [0.4, 0.5) is 0 Å². The van der Waals surface area contributed by atoms with Crippen LogP contribution in [0, 0.1) is 0 Å². The molecule has 4 heteroatoms. The van der Waals surface area contributed by atoms with Gasteiger partial charge in [0.15, 0.2) is 5.78 Å². The largest absolute Gasteiger partial charge is 0.497 e. The number of benzene rings is 1. The molecule has 0 aliphatic rings. The number of ether oxygens (including phenoxy) is 2. The molecule has 0 radical (unpaired) electrons. The average molecular weight is 209 g/mol. The smallest absolute Gasteiger partial charge is 0.164 e. The quantitative estimate of drug-likeness (QED) is 0.741. The first kappa shape index (κ1) is 11.5. The van der Waals surface area contributed by atoms with E-state index in [1.807, 2.05) is 0 Å². The minimum Gasteiger partial charge on any atom is -0.497 e. The van der Waals surface area contributed by atoms with Crippen molar-refractivity contribution in [2.75, 3.05) is 20.8 Å². The van der Waals surface area contributed by atoms with Gasteiger partial charge in [0.05, 0.1) is 14.2 Å². The van der Waals surface area contributed by atoms with Gasteiger partial charge in [0.25, 0.3) is 0 Å². The average Bonchev–Trinajstić information content (AvgIpc) is 2.28. The van der Waals surface area contributed by atoms with Crippen LogP contribution < -0.4 is 15.2 Å². The lowest BCUT2D eigenvalue weighted by Crippen LogP contribution is -2.08. The number of hydrogen-bond donors (Lipinski definition) is 1. The molecule has 0 atom stereocenters. The lowest BCUT2D eigenvalue weighted by Gasteiger charge is -2.07. The number of hydrogen-bond acceptors (Lipinski definition) is 4. The standard InChI is InChI=1S/C11H15NO3/c1-14-9-5-8(11(13)3-4-12)6-10(7-9)15-2/h5-7H,3-4,12H2,1-2H3. The van der Waals surface area contributed by atoms with Crippen LogP contribution in [0.5, 0.6) is 11.5 Å². The van der Waals surface area contributed by atoms with Crippen LogP contribution in [-0.4, -0.2) is 26.5 Å². The first-order valence-corrected chi connectivity index (χ1v) is 4.67. The maximum absolute atomic E-state index is 11.6. The Morgan fingerprint density at radius 3 is 2.13 bits per heavy atom. The van der Waals surface area contributed by atoms with Crippen molar-refractivity contribution in [1.29, 1.82) is 0 Å². The summed E-state index contributed by atoms with van der Waals surface area (Å²) in [7, 11) is 3.10. The zero-order valence-corrected chi connectivity index (χ0v) is 8.95. The first-order valence-electron chi connectivity index (χ1n) is 4.67. The van der Waals surface area contributed by atoms with Crippen molar-refractivity contribution in [2.45, 2.75) is 6.42 Å². The van der Waals surface area contributed by atoms with Gasteiger partial charge in [0.1, 0.15) is 11.5 Å². The molecule has 4 nitrogen and oxygen atoms in total. The predicted octanol–water partition coefficient (Wildman–Crippen LogP) is 1.24. The molecule has 1 rings (SSSR count). The summed E-state index contributed by atoms with van der Waals surface area (Å²) in [6, 6.07) is 5.08. The third-order valence-corrected chi connectivity index (χ3v) is 2.04. The van der Waals surface area contributed by atoms with Crippen LogP contribution in [0.3, 0.4) is 0 Å². The van der Waals surface area contributed by atoms with Crippen molar-refractivity contribution in [3.05, 3.63) is 23.8 Å². The number of ketones is 1. The number of methoxy groups -OCH3 is 2. The SMILES string of the molecule is COc1cc(OC)cc(C(=O)CCN)c1. The van der Waals surface area contributed by atoms with Gasteiger partial charge in [0.2, 0.25) is 0 Å². The van der Waals surface area contributed by atoms with E-state index in [1.54, 1.807) is 32.4 Å². The Morgan fingerprint density at radius 1 is 1.20 bits per heavy atom. The highest BCUT2D eigenvalue weighted by atomic mass is 16.5. The van der Waals surface area contributed by atoms with Gasteiger partial charge in [-0.3, -0.25) is 4.79 Å². The van der Waals surface area contributed by atoms with E-state index in [4.69, 9.17) is 15.2 Å². The summed E-state index contributed by atoms with van der Waals surface area (Å²) >= 11 is 0. The molecule has 0 saturated heterocycles. The molecular formula is C11H15NO3. The van der Waals surface area contributed by atoms with E-state index < -0.39 is 0 Å². The Balaban J connectivity index is 3.01. The van der Waals surface area contributed by atoms with Gasteiger partial charge < -0.3 is 15.2 Å². The Morgan fingerprint density at radius 2 is 1.73 bits per heavy atom. The van der Waals surface area contributed by atoms with Gasteiger partial charge in [-0.25, -0.2) is 0 Å². The van der Waals surface area contributed by atoms with Crippen molar-refractivity contribution in [3.63, 3.8) is 0 Å². The van der Waals surface area contributed by atoms with Crippen molar-refractivity contribution in [2.24, 2.45) is 5.73 Å². The zero-order valence-electron chi connectivity index (χ0n) is 8.95. The van der Waals surface area contributed by atoms with Crippen molar-refractivity contribution in [1.82, 2.24) is 0 Å². The van der Waals surface area contributed by atoms with E-state index in [2.05, 4.69) is 0 Å². The van der Waals surface area contributed by atoms with Crippen molar-refractivity contribution >= 4 is 5.78 Å². The van der Waals surface area contributed by atoms with Crippen LogP contribution in [0.1, 0.15) is 16.8 Å². The van der Waals surface area contributed by atoms with Crippen LogP contribution in [0.15, 0.2) is 18.2 Å². The molecule has 0 saturated carbocycles. The lowest BCUT2D eigenvalue weighted by atomic mass is 10.1. The first-order chi connectivity index (χ1) is 7.21. The summed E-state index contributed by atoms with van der Waals surface area (Å²) in [6.07, 6.45) is 0.330. The number of carbonyl (C=O) groups excluding carboxylic acids is 1. The maximum Gasteiger partial charge on any atom is 0.164 e. The van der Waals surface area contributed by atoms with Crippen LogP contribution in [0.2, 0.25) is 0 Å². The van der Waals surface area contributed by atoms with Crippen molar-refractivity contribution in [3.8, 4) is 11.5 Å². The molecule has 0 aliphatic heterocycles. The molecule has 0 unspecified atom stereocenters. The van der Waals surface area contributed by atoms with Gasteiger partial charge in [0, 0.05) is 18.1 Å². The summed E-state index contributed by atoms with van der Waals surface area (Å²) in [5.41, 5.74) is 5.89. The predicted molar refractivity (Wildman–Crippen MR) is 57.5 cm³/mol. The highest BCUT2D eigenvalue weighted by Gasteiger charge is 2.08. The molecule has 0 fully saturated rings. The second-order valence-corrected chi connectivity index (χ2v) is 3.06. The molecule has 0 spiro atoms. The van der Waals surface area contributed by atoms with E-state index in [-0.39, 0.29) is 5.78 Å². The number of carbonyl (C=O) groups is 1. The van der Waals surface area contributed by atoms with E-state index in [0.29, 0.717) is 30.0 Å². The molecule has 0 amide bonds. The fraction of sp³-hybridized carbons (Fsp3) is 0.364. The minimum atomic E-state index is -0.00491. The zero-order chi connectivity index (χ0) is 11.3. The van der Waals surface area contributed by atoms with Crippen LogP contribution in [0.25, 0.3) is 0 Å². The molecule has 0 heterocycles. The lowest BCUT2D eigenvalue weighted by molar-refractivity contribution is 0.0984. The maximum atomic E-state index is 11.6. The summed E-state index contributed by atoms with van der Waals surface area (Å²) in [5.74, 6) is 1.21. The summed E-state index contributed by atoms with van der Waals surface area (Å²) in [5, 5.41) is 0. The number of Topliss-reactive ketones (excluding diaryl/α,β-unsaturated/α-hetero) is 1. The third-order valence-electron chi connectivity index (χ3n) is 2.04. The second-order valence-electron chi connectivity index (χ2n) is 3.06. The van der Waals surface area contributed by atoms with Crippen LogP contribution >= 0.6 is 0 Å². The highest BCUT2D eigenvalue weighted by Crippen LogP contribution is 2.23. The molecule has 2 N–H and O–H groups in total.